The maximum absolute atomic E-state index is 11.2. The minimum Gasteiger partial charge on any atom is -0.481 e. The van der Waals surface area contributed by atoms with Crippen LogP contribution in [0.1, 0.15) is 69.6 Å². The lowest BCUT2D eigenvalue weighted by atomic mass is 9.84. The number of rotatable bonds is 8. The van der Waals surface area contributed by atoms with Crippen molar-refractivity contribution >= 4 is 11.8 Å². The first-order chi connectivity index (χ1) is 12.1. The lowest BCUT2D eigenvalue weighted by molar-refractivity contribution is -0.137. The highest BCUT2D eigenvalue weighted by molar-refractivity contribution is 5.68. The summed E-state index contributed by atoms with van der Waals surface area (Å²) in [7, 11) is 0. The van der Waals surface area contributed by atoms with Crippen molar-refractivity contribution in [3.63, 3.8) is 0 Å². The molecule has 3 rings (SSSR count). The first kappa shape index (κ1) is 17.4. The van der Waals surface area contributed by atoms with Crippen molar-refractivity contribution in [3.05, 3.63) is 5.89 Å². The fourth-order valence-electron chi connectivity index (χ4n) is 3.50. The summed E-state index contributed by atoms with van der Waals surface area (Å²) in [4.78, 5) is 15.4. The number of carboxylic acid groups (broad SMARTS) is 1. The van der Waals surface area contributed by atoms with E-state index in [-0.39, 0.29) is 29.7 Å². The third-order valence-corrected chi connectivity index (χ3v) is 4.83. The minimum absolute atomic E-state index is 0.0428. The molecule has 2 heterocycles. The summed E-state index contributed by atoms with van der Waals surface area (Å²) in [5.74, 6) is 0.0891. The number of anilines is 1. The van der Waals surface area contributed by atoms with Gasteiger partial charge in [-0.05, 0) is 22.7 Å². The predicted octanol–water partition coefficient (Wildman–Crippen LogP) is 3.01. The Bertz CT molecular complexity index is 692. The Morgan fingerprint density at radius 3 is 2.72 bits per heavy atom. The maximum Gasteiger partial charge on any atom is 0.304 e. The Morgan fingerprint density at radius 2 is 2.04 bits per heavy atom. The molecule has 0 aromatic carbocycles. The maximum atomic E-state index is 11.2. The molecule has 0 bridgehead atoms. The van der Waals surface area contributed by atoms with E-state index in [1.807, 2.05) is 0 Å². The normalized spacial score (nSPS) is 16.8. The van der Waals surface area contributed by atoms with Crippen LogP contribution >= 0.6 is 0 Å². The Labute approximate surface area is 144 Å². The second-order valence-corrected chi connectivity index (χ2v) is 6.68. The molecule has 0 radical (unpaired) electrons. The number of aromatic nitrogens is 4. The van der Waals surface area contributed by atoms with Gasteiger partial charge in [0.15, 0.2) is 11.5 Å². The molecule has 3 N–H and O–H groups in total. The number of carbonyl (C=O) groups is 1. The van der Waals surface area contributed by atoms with E-state index in [0.717, 1.165) is 18.8 Å². The average Bonchev–Trinajstić information content (AvgIpc) is 3.23. The summed E-state index contributed by atoms with van der Waals surface area (Å²) in [6.45, 7) is 0. The largest absolute Gasteiger partial charge is 0.481 e. The van der Waals surface area contributed by atoms with Gasteiger partial charge >= 0.3 is 5.97 Å². The van der Waals surface area contributed by atoms with Crippen LogP contribution < -0.4 is 5.73 Å². The van der Waals surface area contributed by atoms with Crippen molar-refractivity contribution in [1.82, 2.24) is 20.5 Å². The summed E-state index contributed by atoms with van der Waals surface area (Å²) < 4.78 is 9.78. The summed E-state index contributed by atoms with van der Waals surface area (Å²) in [5.41, 5.74) is 5.82. The van der Waals surface area contributed by atoms with E-state index in [0.29, 0.717) is 12.3 Å². The van der Waals surface area contributed by atoms with Crippen LogP contribution in [-0.2, 0) is 4.79 Å². The number of nitrogens with zero attached hydrogens (tertiary/aromatic N) is 4. The molecule has 25 heavy (non-hydrogen) atoms. The molecule has 1 fully saturated rings. The number of nitrogens with two attached hydrogens (primary N) is 1. The standard InChI is InChI=1S/C16H23N5O4/c17-14-13(19-25-20-14)15-18-16(24-21-15)11(9-12(22)23)8-4-7-10-5-2-1-3-6-10/h10-11H,1-9H2,(H2,17,20)(H,22,23). The molecule has 0 amide bonds. The highest BCUT2D eigenvalue weighted by atomic mass is 16.6. The van der Waals surface area contributed by atoms with Gasteiger partial charge in [-0.2, -0.15) is 4.98 Å². The van der Waals surface area contributed by atoms with E-state index in [2.05, 4.69) is 25.1 Å². The molecule has 0 saturated heterocycles. The molecule has 2 aromatic heterocycles. The Hall–Kier alpha value is -2.45. The van der Waals surface area contributed by atoms with Crippen molar-refractivity contribution < 1.29 is 19.1 Å². The van der Waals surface area contributed by atoms with Gasteiger partial charge in [0.2, 0.25) is 11.7 Å². The fraction of sp³-hybridized carbons (Fsp3) is 0.688. The van der Waals surface area contributed by atoms with Crippen LogP contribution in [0.25, 0.3) is 11.5 Å². The molecule has 1 atom stereocenters. The molecular formula is C16H23N5O4. The van der Waals surface area contributed by atoms with Gasteiger partial charge in [-0.15, -0.1) is 0 Å². The Balaban J connectivity index is 1.63. The molecule has 2 aromatic rings. The number of hydrogen-bond donors (Lipinski definition) is 2. The van der Waals surface area contributed by atoms with E-state index in [9.17, 15) is 9.90 Å². The number of aliphatic carboxylic acids is 1. The molecule has 1 aliphatic rings. The lowest BCUT2D eigenvalue weighted by Gasteiger charge is -2.21. The van der Waals surface area contributed by atoms with Crippen LogP contribution in [0.5, 0.6) is 0 Å². The van der Waals surface area contributed by atoms with E-state index in [1.165, 1.54) is 32.1 Å². The number of hydrogen-bond acceptors (Lipinski definition) is 8. The summed E-state index contributed by atoms with van der Waals surface area (Å²) in [5, 5.41) is 20.1. The van der Waals surface area contributed by atoms with Gasteiger partial charge in [0.1, 0.15) is 0 Å². The van der Waals surface area contributed by atoms with Gasteiger partial charge in [0.05, 0.1) is 6.42 Å². The van der Waals surface area contributed by atoms with E-state index in [1.54, 1.807) is 0 Å². The first-order valence-electron chi connectivity index (χ1n) is 8.77. The highest BCUT2D eigenvalue weighted by Crippen LogP contribution is 2.31. The van der Waals surface area contributed by atoms with Crippen molar-refractivity contribution in [1.29, 1.82) is 0 Å². The molecule has 1 aliphatic carbocycles. The van der Waals surface area contributed by atoms with E-state index >= 15 is 0 Å². The van der Waals surface area contributed by atoms with Crippen LogP contribution in [0.15, 0.2) is 9.15 Å². The predicted molar refractivity (Wildman–Crippen MR) is 87.4 cm³/mol. The highest BCUT2D eigenvalue weighted by Gasteiger charge is 2.25. The lowest BCUT2D eigenvalue weighted by Crippen LogP contribution is -2.10. The summed E-state index contributed by atoms with van der Waals surface area (Å²) in [6, 6.07) is 0. The second kappa shape index (κ2) is 8.09. The summed E-state index contributed by atoms with van der Waals surface area (Å²) in [6.07, 6.45) is 9.26. The van der Waals surface area contributed by atoms with Gasteiger partial charge in [-0.25, -0.2) is 4.63 Å². The zero-order chi connectivity index (χ0) is 17.6. The summed E-state index contributed by atoms with van der Waals surface area (Å²) >= 11 is 0. The van der Waals surface area contributed by atoms with E-state index < -0.39 is 5.97 Å². The van der Waals surface area contributed by atoms with Gasteiger partial charge in [0, 0.05) is 5.92 Å². The second-order valence-electron chi connectivity index (χ2n) is 6.68. The molecule has 0 spiro atoms. The number of nitrogen functional groups attached to an aromatic ring is 1. The van der Waals surface area contributed by atoms with Crippen LogP contribution in [-0.4, -0.2) is 31.5 Å². The van der Waals surface area contributed by atoms with Crippen molar-refractivity contribution in [2.45, 2.75) is 63.7 Å². The third-order valence-electron chi connectivity index (χ3n) is 4.83. The van der Waals surface area contributed by atoms with Crippen molar-refractivity contribution in [2.75, 3.05) is 5.73 Å². The third kappa shape index (κ3) is 4.55. The van der Waals surface area contributed by atoms with Gasteiger partial charge < -0.3 is 15.4 Å². The molecule has 9 nitrogen and oxygen atoms in total. The zero-order valence-corrected chi connectivity index (χ0v) is 14.1. The molecule has 1 unspecified atom stereocenters. The number of carboxylic acids is 1. The van der Waals surface area contributed by atoms with Gasteiger partial charge in [-0.3, -0.25) is 4.79 Å². The van der Waals surface area contributed by atoms with Crippen molar-refractivity contribution in [3.8, 4) is 11.5 Å². The van der Waals surface area contributed by atoms with Gasteiger partial charge in [-0.1, -0.05) is 50.1 Å². The average molecular weight is 349 g/mol. The Morgan fingerprint density at radius 1 is 1.24 bits per heavy atom. The van der Waals surface area contributed by atoms with Crippen LogP contribution in [0, 0.1) is 5.92 Å². The quantitative estimate of drug-likeness (QED) is 0.735. The van der Waals surface area contributed by atoms with Crippen molar-refractivity contribution in [2.24, 2.45) is 5.92 Å². The SMILES string of the molecule is Nc1nonc1-c1noc(C(CCCC2CCCCC2)CC(=O)O)n1. The molecule has 0 aliphatic heterocycles. The monoisotopic (exact) mass is 349 g/mol. The van der Waals surface area contributed by atoms with Crippen LogP contribution in [0.4, 0.5) is 5.82 Å². The Kier molecular flexibility index (Phi) is 5.62. The van der Waals surface area contributed by atoms with Crippen LogP contribution in [0.3, 0.4) is 0 Å². The smallest absolute Gasteiger partial charge is 0.304 e. The minimum atomic E-state index is -0.884. The van der Waals surface area contributed by atoms with E-state index in [4.69, 9.17) is 10.3 Å². The molecule has 1 saturated carbocycles. The molecular weight excluding hydrogens is 326 g/mol. The first-order valence-corrected chi connectivity index (χ1v) is 8.77. The molecule has 136 valence electrons. The fourth-order valence-corrected chi connectivity index (χ4v) is 3.50. The van der Waals surface area contributed by atoms with Crippen LogP contribution in [0.2, 0.25) is 0 Å². The molecule has 9 heteroatoms. The topological polar surface area (TPSA) is 141 Å². The zero-order valence-electron chi connectivity index (χ0n) is 14.1. The van der Waals surface area contributed by atoms with Gasteiger partial charge in [0.25, 0.3) is 0 Å².